The molecule has 35 heavy (non-hydrogen) atoms. The van der Waals surface area contributed by atoms with Gasteiger partial charge in [0, 0.05) is 36.8 Å². The summed E-state index contributed by atoms with van der Waals surface area (Å²) < 4.78 is 62.6. The number of nitriles is 1. The van der Waals surface area contributed by atoms with E-state index in [9.17, 15) is 13.2 Å². The molecule has 11 heteroatoms. The smallest absolute Gasteiger partial charge is 0.417 e. The maximum Gasteiger partial charge on any atom is 0.417 e. The molecule has 0 saturated carbocycles. The van der Waals surface area contributed by atoms with Crippen molar-refractivity contribution in [3.05, 3.63) is 39.8 Å². The second kappa shape index (κ2) is 9.49. The average Bonchev–Trinajstić information content (AvgIpc) is 2.80. The summed E-state index contributed by atoms with van der Waals surface area (Å²) in [5.74, 6) is -1.47. The van der Waals surface area contributed by atoms with Crippen molar-refractivity contribution in [2.45, 2.75) is 51.2 Å². The number of anilines is 2. The molecule has 3 N–H and O–H groups in total. The number of methoxy groups -OCH3 is 1. The number of ether oxygens (including phenoxy) is 1. The first-order valence-corrected chi connectivity index (χ1v) is 11.5. The molecule has 0 amide bonds. The normalized spacial score (nSPS) is 22.5. The largest absolute Gasteiger partial charge is 0.467 e. The van der Waals surface area contributed by atoms with Crippen LogP contribution in [0.15, 0.2) is 6.07 Å². The number of aryl methyl sites for hydroxylation is 1. The first kappa shape index (κ1) is 25.0. The number of benzene rings is 1. The molecule has 1 saturated heterocycles. The molecule has 0 radical (unpaired) electrons. The Morgan fingerprint density at radius 3 is 2.71 bits per heavy atom. The molecule has 0 spiro atoms. The lowest BCUT2D eigenvalue weighted by molar-refractivity contribution is -0.139. The zero-order valence-electron chi connectivity index (χ0n) is 19.8. The van der Waals surface area contributed by atoms with Crippen molar-refractivity contribution >= 4 is 11.5 Å². The molecular weight excluding hydrogens is 464 g/mol. The topological polar surface area (TPSA) is 100 Å². The van der Waals surface area contributed by atoms with Crippen LogP contribution in [0, 0.1) is 30.0 Å². The van der Waals surface area contributed by atoms with E-state index in [1.165, 1.54) is 14.0 Å². The second-order valence-electron chi connectivity index (χ2n) is 9.29. The standard InChI is InChI=1S/C24H28F4N6O/c1-12-8-16-18(10-15(12)19-20(24(26,27)28)13(2)9-17(30)21(19)25)32-23(35-3)33-22(16)34-7-6-31-14(11-34)4-5-29/h9,12,14-15,31H,4,6-8,10-11,30H2,1-3H3. The summed E-state index contributed by atoms with van der Waals surface area (Å²) in [6.45, 7) is 4.98. The maximum absolute atomic E-state index is 15.2. The van der Waals surface area contributed by atoms with Gasteiger partial charge in [-0.2, -0.15) is 28.4 Å². The molecule has 7 nitrogen and oxygen atoms in total. The van der Waals surface area contributed by atoms with Gasteiger partial charge in [-0.05, 0) is 43.2 Å². The number of piperazine rings is 1. The van der Waals surface area contributed by atoms with Crippen LogP contribution in [0.3, 0.4) is 0 Å². The molecule has 2 aromatic rings. The molecule has 1 aliphatic heterocycles. The zero-order chi connectivity index (χ0) is 25.5. The van der Waals surface area contributed by atoms with Crippen molar-refractivity contribution in [1.82, 2.24) is 15.3 Å². The first-order valence-electron chi connectivity index (χ1n) is 11.5. The quantitative estimate of drug-likeness (QED) is 0.495. The Balaban J connectivity index is 1.80. The zero-order valence-corrected chi connectivity index (χ0v) is 19.8. The number of nitrogens with one attached hydrogen (secondary N) is 1. The molecular formula is C24H28F4N6O. The molecule has 2 aliphatic rings. The third-order valence-electron chi connectivity index (χ3n) is 6.93. The minimum atomic E-state index is -4.72. The summed E-state index contributed by atoms with van der Waals surface area (Å²) in [6, 6.07) is 3.28. The van der Waals surface area contributed by atoms with Crippen molar-refractivity contribution in [2.75, 3.05) is 37.4 Å². The van der Waals surface area contributed by atoms with Crippen LogP contribution in [0.5, 0.6) is 6.01 Å². The van der Waals surface area contributed by atoms with Crippen LogP contribution in [0.1, 0.15) is 47.2 Å². The Morgan fingerprint density at radius 2 is 2.06 bits per heavy atom. The number of aromatic nitrogens is 2. The molecule has 4 rings (SSSR count). The number of hydrogen-bond acceptors (Lipinski definition) is 7. The van der Waals surface area contributed by atoms with E-state index in [-0.39, 0.29) is 35.6 Å². The van der Waals surface area contributed by atoms with E-state index < -0.39 is 29.0 Å². The Morgan fingerprint density at radius 1 is 1.31 bits per heavy atom. The number of rotatable bonds is 4. The second-order valence-corrected chi connectivity index (χ2v) is 9.29. The molecule has 1 aromatic carbocycles. The van der Waals surface area contributed by atoms with E-state index in [4.69, 9.17) is 15.7 Å². The van der Waals surface area contributed by atoms with Crippen molar-refractivity contribution in [2.24, 2.45) is 5.92 Å². The lowest BCUT2D eigenvalue weighted by atomic mass is 9.73. The molecule has 0 bridgehead atoms. The van der Waals surface area contributed by atoms with Crippen LogP contribution < -0.4 is 20.7 Å². The molecule has 1 aromatic heterocycles. The van der Waals surface area contributed by atoms with Crippen LogP contribution in [-0.2, 0) is 19.0 Å². The summed E-state index contributed by atoms with van der Waals surface area (Å²) in [6.07, 6.45) is -3.91. The number of nitrogen functional groups attached to an aromatic ring is 1. The number of halogens is 4. The van der Waals surface area contributed by atoms with Gasteiger partial charge in [0.2, 0.25) is 0 Å². The van der Waals surface area contributed by atoms with Crippen LogP contribution in [0.4, 0.5) is 29.1 Å². The fourth-order valence-corrected chi connectivity index (χ4v) is 5.32. The number of nitrogens with two attached hydrogens (primary N) is 1. The van der Waals surface area contributed by atoms with Crippen molar-refractivity contribution in [1.29, 1.82) is 5.26 Å². The lowest BCUT2D eigenvalue weighted by Crippen LogP contribution is -2.51. The predicted octanol–water partition coefficient (Wildman–Crippen LogP) is 3.74. The van der Waals surface area contributed by atoms with Crippen molar-refractivity contribution in [3.8, 4) is 12.1 Å². The summed E-state index contributed by atoms with van der Waals surface area (Å²) >= 11 is 0. The van der Waals surface area contributed by atoms with Crippen molar-refractivity contribution in [3.63, 3.8) is 0 Å². The molecule has 188 valence electrons. The maximum atomic E-state index is 15.2. The number of nitrogens with zero attached hydrogens (tertiary/aromatic N) is 4. The van der Waals surface area contributed by atoms with E-state index >= 15 is 4.39 Å². The summed E-state index contributed by atoms with van der Waals surface area (Å²) in [4.78, 5) is 11.1. The molecule has 2 heterocycles. The summed E-state index contributed by atoms with van der Waals surface area (Å²) in [5.41, 5.74) is 5.36. The first-order chi connectivity index (χ1) is 16.5. The van der Waals surface area contributed by atoms with E-state index in [1.807, 2.05) is 6.92 Å². The van der Waals surface area contributed by atoms with Gasteiger partial charge in [-0.1, -0.05) is 6.92 Å². The Kier molecular flexibility index (Phi) is 6.77. The summed E-state index contributed by atoms with van der Waals surface area (Å²) in [5, 5.41) is 12.4. The highest BCUT2D eigenvalue weighted by molar-refractivity contribution is 5.56. The van der Waals surface area contributed by atoms with Crippen LogP contribution in [-0.4, -0.2) is 42.8 Å². The third kappa shape index (κ3) is 4.72. The molecule has 3 atom stereocenters. The number of fused-ring (bicyclic) bond motifs is 1. The van der Waals surface area contributed by atoms with Gasteiger partial charge in [-0.25, -0.2) is 4.39 Å². The Labute approximate surface area is 201 Å². The average molecular weight is 493 g/mol. The van der Waals surface area contributed by atoms with E-state index in [0.717, 1.165) is 11.6 Å². The SMILES string of the molecule is COc1nc2c(c(N3CCNC(CC#N)C3)n1)CC(C)C(c1c(F)c(N)cc(C)c1C(F)(F)F)C2. The van der Waals surface area contributed by atoms with Gasteiger partial charge in [-0.3, -0.25) is 0 Å². The molecule has 3 unspecified atom stereocenters. The highest BCUT2D eigenvalue weighted by Gasteiger charge is 2.42. The van der Waals surface area contributed by atoms with Gasteiger partial charge in [0.1, 0.15) is 11.6 Å². The van der Waals surface area contributed by atoms with E-state index in [2.05, 4.69) is 26.3 Å². The monoisotopic (exact) mass is 492 g/mol. The number of alkyl halides is 3. The van der Waals surface area contributed by atoms with Crippen LogP contribution in [0.25, 0.3) is 0 Å². The Bertz CT molecular complexity index is 1160. The van der Waals surface area contributed by atoms with Crippen LogP contribution >= 0.6 is 0 Å². The highest BCUT2D eigenvalue weighted by atomic mass is 19.4. The van der Waals surface area contributed by atoms with Gasteiger partial charge < -0.3 is 20.7 Å². The van der Waals surface area contributed by atoms with Gasteiger partial charge in [0.25, 0.3) is 0 Å². The molecule has 1 fully saturated rings. The lowest BCUT2D eigenvalue weighted by Gasteiger charge is -2.38. The van der Waals surface area contributed by atoms with Gasteiger partial charge in [-0.15, -0.1) is 0 Å². The molecule has 1 aliphatic carbocycles. The predicted molar refractivity (Wildman–Crippen MR) is 123 cm³/mol. The fourth-order valence-electron chi connectivity index (χ4n) is 5.32. The highest BCUT2D eigenvalue weighted by Crippen LogP contribution is 2.47. The van der Waals surface area contributed by atoms with Gasteiger partial charge >= 0.3 is 12.2 Å². The van der Waals surface area contributed by atoms with Gasteiger partial charge in [0.05, 0.1) is 36.5 Å². The van der Waals surface area contributed by atoms with Crippen molar-refractivity contribution < 1.29 is 22.3 Å². The van der Waals surface area contributed by atoms with Gasteiger partial charge in [0.15, 0.2) is 0 Å². The van der Waals surface area contributed by atoms with E-state index in [0.29, 0.717) is 44.0 Å². The minimum Gasteiger partial charge on any atom is -0.467 e. The third-order valence-corrected chi connectivity index (χ3v) is 6.93. The number of hydrogen-bond donors (Lipinski definition) is 2. The summed E-state index contributed by atoms with van der Waals surface area (Å²) in [7, 11) is 1.42. The minimum absolute atomic E-state index is 0.0298. The Hall–Kier alpha value is -3.13. The van der Waals surface area contributed by atoms with E-state index in [1.54, 1.807) is 0 Å². The fraction of sp³-hybridized carbons (Fsp3) is 0.542. The van der Waals surface area contributed by atoms with Crippen LogP contribution in [0.2, 0.25) is 0 Å².